The van der Waals surface area contributed by atoms with Crippen molar-refractivity contribution in [1.29, 1.82) is 0 Å². The van der Waals surface area contributed by atoms with Crippen molar-refractivity contribution >= 4 is 23.5 Å². The van der Waals surface area contributed by atoms with E-state index in [4.69, 9.17) is 16.3 Å². The summed E-state index contributed by atoms with van der Waals surface area (Å²) in [5.74, 6) is 0.801. The number of ketones is 1. The predicted molar refractivity (Wildman–Crippen MR) is 107 cm³/mol. The van der Waals surface area contributed by atoms with E-state index in [1.54, 1.807) is 19.3 Å². The number of ether oxygens (including phenoxy) is 1. The fraction of sp³-hybridized carbons (Fsp3) is 0.318. The van der Waals surface area contributed by atoms with Crippen molar-refractivity contribution in [1.82, 2.24) is 4.90 Å². The fourth-order valence-electron chi connectivity index (χ4n) is 3.29. The molecule has 1 saturated heterocycles. The summed E-state index contributed by atoms with van der Waals surface area (Å²) >= 11 is 6.14. The van der Waals surface area contributed by atoms with Gasteiger partial charge in [-0.15, -0.1) is 0 Å². The second kappa shape index (κ2) is 9.02. The highest BCUT2D eigenvalue weighted by molar-refractivity contribution is 6.32. The van der Waals surface area contributed by atoms with Crippen LogP contribution >= 0.6 is 11.6 Å². The molecule has 1 aliphatic heterocycles. The van der Waals surface area contributed by atoms with Gasteiger partial charge in [-0.1, -0.05) is 36.2 Å². The highest BCUT2D eigenvalue weighted by Gasteiger charge is 2.14. The molecule has 0 radical (unpaired) electrons. The smallest absolute Gasteiger partial charge is 0.185 e. The van der Waals surface area contributed by atoms with Crippen LogP contribution in [0.2, 0.25) is 5.02 Å². The summed E-state index contributed by atoms with van der Waals surface area (Å²) in [5.41, 5.74) is 2.57. The number of nitrogens with zero attached hydrogens (tertiary/aromatic N) is 1. The van der Waals surface area contributed by atoms with E-state index < -0.39 is 0 Å². The van der Waals surface area contributed by atoms with Gasteiger partial charge >= 0.3 is 0 Å². The van der Waals surface area contributed by atoms with Crippen LogP contribution < -0.4 is 4.74 Å². The molecule has 1 fully saturated rings. The highest BCUT2D eigenvalue weighted by atomic mass is 35.5. The van der Waals surface area contributed by atoms with Gasteiger partial charge in [0, 0.05) is 22.7 Å². The summed E-state index contributed by atoms with van der Waals surface area (Å²) in [6.07, 6.45) is 7.12. The Morgan fingerprint density at radius 2 is 1.92 bits per heavy atom. The van der Waals surface area contributed by atoms with Gasteiger partial charge < -0.3 is 4.74 Å². The Kier molecular flexibility index (Phi) is 6.48. The van der Waals surface area contributed by atoms with E-state index in [1.807, 2.05) is 42.5 Å². The molecular weight excluding hydrogens is 346 g/mol. The Bertz CT molecular complexity index is 794. The van der Waals surface area contributed by atoms with Gasteiger partial charge in [0.15, 0.2) is 5.78 Å². The quantitative estimate of drug-likeness (QED) is 0.515. The van der Waals surface area contributed by atoms with Crippen molar-refractivity contribution in [3.63, 3.8) is 0 Å². The minimum atomic E-state index is -0.0348. The molecule has 0 spiro atoms. The molecule has 3 nitrogen and oxygen atoms in total. The lowest BCUT2D eigenvalue weighted by atomic mass is 10.0. The van der Waals surface area contributed by atoms with Gasteiger partial charge in [-0.05, 0) is 67.9 Å². The highest BCUT2D eigenvalue weighted by Crippen LogP contribution is 2.24. The maximum Gasteiger partial charge on any atom is 0.185 e. The molecule has 26 heavy (non-hydrogen) atoms. The van der Waals surface area contributed by atoms with Gasteiger partial charge in [0.05, 0.1) is 7.11 Å². The number of hydrogen-bond donors (Lipinski definition) is 0. The molecule has 2 aromatic rings. The number of carbonyl (C=O) groups excluding carboxylic acids is 1. The normalized spacial score (nSPS) is 15.3. The fourth-order valence-corrected chi connectivity index (χ4v) is 3.48. The van der Waals surface area contributed by atoms with Crippen LogP contribution in [0.3, 0.4) is 0 Å². The van der Waals surface area contributed by atoms with Crippen LogP contribution in [0.5, 0.6) is 5.75 Å². The standard InChI is InChI=1S/C22H24ClNO2/c1-26-22-12-10-18(15-19(22)16-24-13-5-2-6-14-24)21(25)11-9-17-7-3-4-8-20(17)23/h3-4,7-12,15H,2,5-6,13-14,16H2,1H3/b11-9+. The number of hydrogen-bond acceptors (Lipinski definition) is 3. The molecule has 0 aromatic heterocycles. The van der Waals surface area contributed by atoms with E-state index >= 15 is 0 Å². The Balaban J connectivity index is 1.77. The molecule has 136 valence electrons. The van der Waals surface area contributed by atoms with Crippen LogP contribution in [0.15, 0.2) is 48.5 Å². The van der Waals surface area contributed by atoms with E-state index in [9.17, 15) is 4.79 Å². The zero-order valence-corrected chi connectivity index (χ0v) is 15.8. The van der Waals surface area contributed by atoms with Crippen LogP contribution in [0.25, 0.3) is 6.08 Å². The summed E-state index contributed by atoms with van der Waals surface area (Å²) in [6.45, 7) is 3.03. The maximum absolute atomic E-state index is 12.6. The van der Waals surface area contributed by atoms with Crippen molar-refractivity contribution in [2.24, 2.45) is 0 Å². The van der Waals surface area contributed by atoms with Gasteiger partial charge in [-0.25, -0.2) is 0 Å². The maximum atomic E-state index is 12.6. The molecule has 0 amide bonds. The van der Waals surface area contributed by atoms with Crippen molar-refractivity contribution in [2.45, 2.75) is 25.8 Å². The third kappa shape index (κ3) is 4.75. The number of likely N-dealkylation sites (tertiary alicyclic amines) is 1. The number of piperidine rings is 1. The van der Waals surface area contributed by atoms with Crippen molar-refractivity contribution in [3.8, 4) is 5.75 Å². The minimum absolute atomic E-state index is 0.0348. The molecule has 0 N–H and O–H groups in total. The number of methoxy groups -OCH3 is 1. The number of allylic oxidation sites excluding steroid dienone is 1. The SMILES string of the molecule is COc1ccc(C(=O)/C=C/c2ccccc2Cl)cc1CN1CCCCC1. The zero-order chi connectivity index (χ0) is 18.4. The van der Waals surface area contributed by atoms with Crippen molar-refractivity contribution in [2.75, 3.05) is 20.2 Å². The molecule has 0 saturated carbocycles. The predicted octanol–water partition coefficient (Wildman–Crippen LogP) is 5.23. The van der Waals surface area contributed by atoms with E-state index in [1.165, 1.54) is 19.3 Å². The Morgan fingerprint density at radius 1 is 1.15 bits per heavy atom. The van der Waals surface area contributed by atoms with Gasteiger partial charge in [-0.2, -0.15) is 0 Å². The van der Waals surface area contributed by atoms with Gasteiger partial charge in [-0.3, -0.25) is 9.69 Å². The molecule has 0 bridgehead atoms. The van der Waals surface area contributed by atoms with Crippen LogP contribution in [-0.2, 0) is 6.54 Å². The van der Waals surface area contributed by atoms with Gasteiger partial charge in [0.2, 0.25) is 0 Å². The average Bonchev–Trinajstić information content (AvgIpc) is 2.68. The van der Waals surface area contributed by atoms with Crippen LogP contribution in [-0.4, -0.2) is 30.9 Å². The second-order valence-electron chi connectivity index (χ2n) is 6.58. The summed E-state index contributed by atoms with van der Waals surface area (Å²) < 4.78 is 5.49. The second-order valence-corrected chi connectivity index (χ2v) is 6.99. The van der Waals surface area contributed by atoms with E-state index in [-0.39, 0.29) is 5.78 Å². The van der Waals surface area contributed by atoms with Crippen molar-refractivity contribution in [3.05, 3.63) is 70.3 Å². The topological polar surface area (TPSA) is 29.5 Å². The molecule has 0 atom stereocenters. The molecule has 1 heterocycles. The number of halogens is 1. The third-order valence-corrected chi connectivity index (χ3v) is 5.07. The first-order valence-electron chi connectivity index (χ1n) is 9.03. The largest absolute Gasteiger partial charge is 0.496 e. The van der Waals surface area contributed by atoms with Crippen LogP contribution in [0.4, 0.5) is 0 Å². The molecular formula is C22H24ClNO2. The van der Waals surface area contributed by atoms with Crippen LogP contribution in [0, 0.1) is 0 Å². The number of rotatable bonds is 6. The van der Waals surface area contributed by atoms with Crippen LogP contribution in [0.1, 0.15) is 40.7 Å². The zero-order valence-electron chi connectivity index (χ0n) is 15.1. The molecule has 0 unspecified atom stereocenters. The molecule has 0 aliphatic carbocycles. The summed E-state index contributed by atoms with van der Waals surface area (Å²) in [4.78, 5) is 15.0. The lowest BCUT2D eigenvalue weighted by Gasteiger charge is -2.27. The Morgan fingerprint density at radius 3 is 2.65 bits per heavy atom. The molecule has 4 heteroatoms. The summed E-state index contributed by atoms with van der Waals surface area (Å²) in [7, 11) is 1.67. The minimum Gasteiger partial charge on any atom is -0.496 e. The lowest BCUT2D eigenvalue weighted by molar-refractivity contribution is 0.104. The molecule has 1 aliphatic rings. The monoisotopic (exact) mass is 369 g/mol. The molecule has 3 rings (SSSR count). The first-order chi connectivity index (χ1) is 12.7. The summed E-state index contributed by atoms with van der Waals surface area (Å²) in [5, 5.41) is 0.636. The van der Waals surface area contributed by atoms with Gasteiger partial charge in [0.1, 0.15) is 5.75 Å². The van der Waals surface area contributed by atoms with E-state index in [2.05, 4.69) is 4.90 Å². The first-order valence-corrected chi connectivity index (χ1v) is 9.41. The van der Waals surface area contributed by atoms with Gasteiger partial charge in [0.25, 0.3) is 0 Å². The number of carbonyl (C=O) groups is 1. The third-order valence-electron chi connectivity index (χ3n) is 4.73. The number of benzene rings is 2. The van der Waals surface area contributed by atoms with Crippen molar-refractivity contribution < 1.29 is 9.53 Å². The first kappa shape index (κ1) is 18.7. The molecule has 2 aromatic carbocycles. The lowest BCUT2D eigenvalue weighted by Crippen LogP contribution is -2.29. The summed E-state index contributed by atoms with van der Waals surface area (Å²) in [6, 6.07) is 13.1. The van der Waals surface area contributed by atoms with E-state index in [0.29, 0.717) is 10.6 Å². The Hall–Kier alpha value is -2.10. The average molecular weight is 370 g/mol. The Labute approximate surface area is 160 Å². The van der Waals surface area contributed by atoms with E-state index in [0.717, 1.165) is 36.5 Å².